The number of aromatic amines is 1. The quantitative estimate of drug-likeness (QED) is 0.671. The fourth-order valence-corrected chi connectivity index (χ4v) is 5.37. The number of H-pyrrole nitrogens is 1. The zero-order chi connectivity index (χ0) is 19.3. The van der Waals surface area contributed by atoms with Crippen LogP contribution in [-0.4, -0.2) is 48.1 Å². The molecule has 0 bridgehead atoms. The minimum absolute atomic E-state index is 0.0352. The number of thiophene rings is 1. The van der Waals surface area contributed by atoms with Gasteiger partial charge in [0.1, 0.15) is 6.10 Å². The van der Waals surface area contributed by atoms with E-state index in [-0.39, 0.29) is 24.7 Å². The number of hydrogen-bond donors (Lipinski definition) is 2. The van der Waals surface area contributed by atoms with E-state index in [9.17, 15) is 8.78 Å². The van der Waals surface area contributed by atoms with Crippen LogP contribution in [0.5, 0.6) is 5.06 Å². The molecule has 0 saturated carbocycles. The Balaban J connectivity index is 1.57. The van der Waals surface area contributed by atoms with Gasteiger partial charge in [-0.3, -0.25) is 4.90 Å². The lowest BCUT2D eigenvalue weighted by molar-refractivity contribution is 0.0465. The summed E-state index contributed by atoms with van der Waals surface area (Å²) in [4.78, 5) is 6.51. The van der Waals surface area contributed by atoms with Crippen molar-refractivity contribution in [1.29, 1.82) is 0 Å². The molecular formula is C21H23F2N3OS. The van der Waals surface area contributed by atoms with Gasteiger partial charge in [-0.1, -0.05) is 18.2 Å². The van der Waals surface area contributed by atoms with Crippen molar-refractivity contribution in [2.75, 3.05) is 19.6 Å². The van der Waals surface area contributed by atoms with E-state index in [2.05, 4.69) is 22.4 Å². The number of benzene rings is 1. The zero-order valence-corrected chi connectivity index (χ0v) is 16.4. The third-order valence-electron chi connectivity index (χ3n) is 5.76. The number of fused-ring (bicyclic) bond motifs is 3. The van der Waals surface area contributed by atoms with Crippen molar-refractivity contribution in [2.45, 2.75) is 38.0 Å². The standard InChI is InChI=1S/C21H23F2N3OS/c1-12-8-15-14-4-2-3-5-16(14)25-20(15)21(26(12)11-18(22)23)17-6-7-19(28-17)27-13-9-24-10-13/h2-7,12-13,18,21,24-25H,8-11H2,1H3/t12-,21-/m1/s1. The molecule has 5 rings (SSSR count). The highest BCUT2D eigenvalue weighted by atomic mass is 32.1. The first kappa shape index (κ1) is 18.1. The van der Waals surface area contributed by atoms with Gasteiger partial charge in [-0.05, 0) is 37.1 Å². The molecule has 2 aliphatic heterocycles. The van der Waals surface area contributed by atoms with Crippen LogP contribution in [0.3, 0.4) is 0 Å². The van der Waals surface area contributed by atoms with Crippen LogP contribution in [0.25, 0.3) is 10.9 Å². The second-order valence-corrected chi connectivity index (χ2v) is 8.74. The van der Waals surface area contributed by atoms with Crippen LogP contribution in [0, 0.1) is 0 Å². The Morgan fingerprint density at radius 2 is 2.04 bits per heavy atom. The molecule has 1 saturated heterocycles. The van der Waals surface area contributed by atoms with Gasteiger partial charge in [0.25, 0.3) is 6.43 Å². The first-order chi connectivity index (χ1) is 13.6. The molecule has 28 heavy (non-hydrogen) atoms. The van der Waals surface area contributed by atoms with E-state index >= 15 is 0 Å². The van der Waals surface area contributed by atoms with E-state index in [1.54, 1.807) is 11.3 Å². The van der Waals surface area contributed by atoms with Crippen molar-refractivity contribution in [3.63, 3.8) is 0 Å². The van der Waals surface area contributed by atoms with Gasteiger partial charge in [-0.15, -0.1) is 11.3 Å². The minimum atomic E-state index is -2.37. The van der Waals surface area contributed by atoms with Crippen molar-refractivity contribution in [2.24, 2.45) is 0 Å². The number of ether oxygens (including phenoxy) is 1. The Hall–Kier alpha value is -1.96. The topological polar surface area (TPSA) is 40.3 Å². The minimum Gasteiger partial charge on any atom is -0.478 e. The van der Waals surface area contributed by atoms with Crippen LogP contribution < -0.4 is 10.1 Å². The molecule has 0 radical (unpaired) electrons. The van der Waals surface area contributed by atoms with Crippen LogP contribution in [0.2, 0.25) is 0 Å². The fourth-order valence-electron chi connectivity index (χ4n) is 4.31. The van der Waals surface area contributed by atoms with Gasteiger partial charge in [0.05, 0.1) is 12.6 Å². The predicted octanol–water partition coefficient (Wildman–Crippen LogP) is 4.18. The zero-order valence-electron chi connectivity index (χ0n) is 15.6. The molecule has 0 unspecified atom stereocenters. The van der Waals surface area contributed by atoms with Gasteiger partial charge in [0.2, 0.25) is 0 Å². The Labute approximate surface area is 166 Å². The number of alkyl halides is 2. The summed E-state index contributed by atoms with van der Waals surface area (Å²) in [5.41, 5.74) is 3.36. The number of rotatable bonds is 5. The first-order valence-corrected chi connectivity index (χ1v) is 10.5. The van der Waals surface area contributed by atoms with E-state index in [4.69, 9.17) is 4.74 Å². The van der Waals surface area contributed by atoms with E-state index in [0.717, 1.165) is 40.7 Å². The number of nitrogens with one attached hydrogen (secondary N) is 2. The summed E-state index contributed by atoms with van der Waals surface area (Å²) in [5, 5.41) is 5.25. The normalized spacial score (nSPS) is 23.1. The summed E-state index contributed by atoms with van der Waals surface area (Å²) in [6.45, 7) is 3.53. The highest BCUT2D eigenvalue weighted by Crippen LogP contribution is 2.44. The summed E-state index contributed by atoms with van der Waals surface area (Å²) >= 11 is 1.57. The molecule has 1 fully saturated rings. The number of para-hydroxylation sites is 1. The third-order valence-corrected chi connectivity index (χ3v) is 6.79. The van der Waals surface area contributed by atoms with Crippen LogP contribution in [0.4, 0.5) is 8.78 Å². The number of hydrogen-bond acceptors (Lipinski definition) is 4. The van der Waals surface area contributed by atoms with Gasteiger partial charge < -0.3 is 15.0 Å². The Kier molecular flexibility index (Phi) is 4.61. The molecule has 2 N–H and O–H groups in total. The maximum Gasteiger partial charge on any atom is 0.251 e. The highest BCUT2D eigenvalue weighted by molar-refractivity contribution is 7.13. The molecule has 148 valence electrons. The van der Waals surface area contributed by atoms with Crippen molar-refractivity contribution in [3.05, 3.63) is 52.5 Å². The predicted molar refractivity (Wildman–Crippen MR) is 108 cm³/mol. The van der Waals surface area contributed by atoms with Gasteiger partial charge >= 0.3 is 0 Å². The lowest BCUT2D eigenvalue weighted by atomic mass is 9.91. The van der Waals surface area contributed by atoms with E-state index in [1.807, 2.05) is 36.1 Å². The smallest absolute Gasteiger partial charge is 0.251 e. The summed E-state index contributed by atoms with van der Waals surface area (Å²) in [6.07, 6.45) is -1.39. The van der Waals surface area contributed by atoms with Gasteiger partial charge in [0, 0.05) is 40.6 Å². The molecule has 3 aromatic rings. The van der Waals surface area contributed by atoms with Crippen molar-refractivity contribution in [3.8, 4) is 5.06 Å². The SMILES string of the molecule is C[C@@H]1Cc2c([nH]c3ccccc23)[C@@H](c2ccc(OC3CNC3)s2)N1CC(F)F. The molecule has 7 heteroatoms. The van der Waals surface area contributed by atoms with Crippen LogP contribution in [0.15, 0.2) is 36.4 Å². The molecule has 0 amide bonds. The summed E-state index contributed by atoms with van der Waals surface area (Å²) in [7, 11) is 0. The summed E-state index contributed by atoms with van der Waals surface area (Å²) in [5.74, 6) is 0. The van der Waals surface area contributed by atoms with Crippen molar-refractivity contribution >= 4 is 22.2 Å². The number of halogens is 2. The molecule has 4 heterocycles. The Morgan fingerprint density at radius 3 is 2.79 bits per heavy atom. The maximum absolute atomic E-state index is 13.4. The average Bonchev–Trinajstić information content (AvgIpc) is 3.23. The Morgan fingerprint density at radius 1 is 1.21 bits per heavy atom. The van der Waals surface area contributed by atoms with Crippen LogP contribution >= 0.6 is 11.3 Å². The maximum atomic E-state index is 13.4. The summed E-state index contributed by atoms with van der Waals surface area (Å²) < 4.78 is 32.8. The lowest BCUT2D eigenvalue weighted by Gasteiger charge is -2.40. The second-order valence-electron chi connectivity index (χ2n) is 7.66. The average molecular weight is 403 g/mol. The van der Waals surface area contributed by atoms with E-state index in [1.165, 1.54) is 10.9 Å². The van der Waals surface area contributed by atoms with E-state index < -0.39 is 6.43 Å². The third kappa shape index (κ3) is 3.11. The largest absolute Gasteiger partial charge is 0.478 e. The highest BCUT2D eigenvalue weighted by Gasteiger charge is 2.37. The summed E-state index contributed by atoms with van der Waals surface area (Å²) in [6, 6.07) is 12.0. The number of nitrogens with zero attached hydrogens (tertiary/aromatic N) is 1. The van der Waals surface area contributed by atoms with Gasteiger partial charge in [0.15, 0.2) is 5.06 Å². The fraction of sp³-hybridized carbons (Fsp3) is 0.429. The molecule has 2 aliphatic rings. The molecule has 2 aromatic heterocycles. The van der Waals surface area contributed by atoms with E-state index in [0.29, 0.717) is 0 Å². The Bertz CT molecular complexity index is 981. The lowest BCUT2D eigenvalue weighted by Crippen LogP contribution is -2.50. The van der Waals surface area contributed by atoms with Crippen molar-refractivity contribution < 1.29 is 13.5 Å². The van der Waals surface area contributed by atoms with Gasteiger partial charge in [-0.25, -0.2) is 8.78 Å². The first-order valence-electron chi connectivity index (χ1n) is 9.70. The monoisotopic (exact) mass is 403 g/mol. The van der Waals surface area contributed by atoms with Crippen LogP contribution in [0.1, 0.15) is 29.1 Å². The molecule has 0 spiro atoms. The molecule has 4 nitrogen and oxygen atoms in total. The van der Waals surface area contributed by atoms with Crippen LogP contribution in [-0.2, 0) is 6.42 Å². The molecular weight excluding hydrogens is 380 g/mol. The molecule has 0 aliphatic carbocycles. The van der Waals surface area contributed by atoms with Crippen molar-refractivity contribution in [1.82, 2.24) is 15.2 Å². The number of aromatic nitrogens is 1. The van der Waals surface area contributed by atoms with Gasteiger partial charge in [-0.2, -0.15) is 0 Å². The molecule has 1 aromatic carbocycles. The molecule has 2 atom stereocenters. The second kappa shape index (κ2) is 7.13.